The minimum Gasteiger partial charge on any atom is -0.0987 e. The molecule has 39 heavy (non-hydrogen) atoms. The van der Waals surface area contributed by atoms with Crippen LogP contribution in [0, 0.1) is 20.8 Å². The van der Waals surface area contributed by atoms with Gasteiger partial charge in [0.1, 0.15) is 0 Å². The summed E-state index contributed by atoms with van der Waals surface area (Å²) in [6, 6.07) is 36.0. The summed E-state index contributed by atoms with van der Waals surface area (Å²) in [5, 5.41) is 7.96. The van der Waals surface area contributed by atoms with Crippen molar-refractivity contribution in [3.8, 4) is 0 Å². The van der Waals surface area contributed by atoms with Gasteiger partial charge in [-0.05, 0) is 105 Å². The molecular weight excluding hydrogens is 468 g/mol. The second-order valence-electron chi connectivity index (χ2n) is 10.6. The summed E-state index contributed by atoms with van der Waals surface area (Å²) >= 11 is 0. The highest BCUT2D eigenvalue weighted by Gasteiger charge is 2.41. The molecule has 0 saturated heterocycles. The predicted octanol–water partition coefficient (Wildman–Crippen LogP) is 10.5. The Balaban J connectivity index is 1.86. The van der Waals surface area contributed by atoms with Crippen molar-refractivity contribution in [3.63, 3.8) is 0 Å². The van der Waals surface area contributed by atoms with Crippen LogP contribution in [-0.4, -0.2) is 0 Å². The molecule has 0 N–H and O–H groups in total. The van der Waals surface area contributed by atoms with Gasteiger partial charge in [-0.25, -0.2) is 0 Å². The molecule has 0 bridgehead atoms. The Morgan fingerprint density at radius 1 is 0.667 bits per heavy atom. The molecule has 0 aliphatic heterocycles. The highest BCUT2D eigenvalue weighted by Crippen LogP contribution is 2.50. The molecule has 0 saturated carbocycles. The quantitative estimate of drug-likeness (QED) is 0.121. The van der Waals surface area contributed by atoms with E-state index in [1.807, 2.05) is 6.08 Å². The van der Waals surface area contributed by atoms with E-state index in [0.29, 0.717) is 0 Å². The second kappa shape index (κ2) is 9.71. The van der Waals surface area contributed by atoms with Crippen LogP contribution >= 0.6 is 0 Å². The van der Waals surface area contributed by atoms with E-state index < -0.39 is 5.41 Å². The Kier molecular flexibility index (Phi) is 6.20. The maximum Gasteiger partial charge on any atom is 0.0706 e. The van der Waals surface area contributed by atoms with Gasteiger partial charge >= 0.3 is 0 Å². The van der Waals surface area contributed by atoms with Crippen LogP contribution in [0.15, 0.2) is 134 Å². The largest absolute Gasteiger partial charge is 0.0987 e. The molecule has 6 aromatic rings. The Bertz CT molecular complexity index is 1900. The Labute approximate surface area is 232 Å². The molecule has 0 heterocycles. The van der Waals surface area contributed by atoms with Crippen LogP contribution < -0.4 is 0 Å². The summed E-state index contributed by atoms with van der Waals surface area (Å²) in [5.74, 6) is 0. The standard InChI is InChI=1S/C39H34/c1-6-8-15-31(7-2)39(32-16-10-9-11-17-32,35-18-13-12-14-27(35)4)36-25-30-22-23-33-26(3)19-20-29-21-24-34(28(36)5)38(30)37(29)33/h6-25H,2H2,1,3-5H3/b8-6-,31-15+. The number of aryl methyl sites for hydroxylation is 3. The molecule has 190 valence electrons. The minimum absolute atomic E-state index is 0.543. The number of benzene rings is 6. The molecule has 0 aliphatic carbocycles. The van der Waals surface area contributed by atoms with E-state index in [4.69, 9.17) is 0 Å². The van der Waals surface area contributed by atoms with E-state index in [9.17, 15) is 0 Å². The van der Waals surface area contributed by atoms with Crippen molar-refractivity contribution in [3.05, 3.63) is 167 Å². The zero-order chi connectivity index (χ0) is 27.1. The van der Waals surface area contributed by atoms with Gasteiger partial charge in [0.2, 0.25) is 0 Å². The molecule has 0 heteroatoms. The van der Waals surface area contributed by atoms with Gasteiger partial charge in [-0.15, -0.1) is 0 Å². The molecule has 0 fully saturated rings. The van der Waals surface area contributed by atoms with Crippen LogP contribution in [0.5, 0.6) is 0 Å². The lowest BCUT2D eigenvalue weighted by molar-refractivity contribution is 0.734. The van der Waals surface area contributed by atoms with Crippen LogP contribution in [0.25, 0.3) is 32.3 Å². The van der Waals surface area contributed by atoms with Crippen molar-refractivity contribution >= 4 is 32.3 Å². The maximum absolute atomic E-state index is 4.36. The lowest BCUT2D eigenvalue weighted by Gasteiger charge is -2.40. The fourth-order valence-electron chi connectivity index (χ4n) is 6.71. The van der Waals surface area contributed by atoms with Gasteiger partial charge in [-0.1, -0.05) is 122 Å². The smallest absolute Gasteiger partial charge is 0.0706 e. The Morgan fingerprint density at radius 3 is 2.08 bits per heavy atom. The molecule has 6 rings (SSSR count). The van der Waals surface area contributed by atoms with Gasteiger partial charge in [0.25, 0.3) is 0 Å². The Morgan fingerprint density at radius 2 is 1.33 bits per heavy atom. The summed E-state index contributed by atoms with van der Waals surface area (Å²) in [5.41, 5.74) is 8.31. The molecular formula is C39H34. The molecule has 0 amide bonds. The van der Waals surface area contributed by atoms with Gasteiger partial charge in [0.15, 0.2) is 0 Å². The fraction of sp³-hybridized carbons (Fsp3) is 0.128. The van der Waals surface area contributed by atoms with E-state index >= 15 is 0 Å². The van der Waals surface area contributed by atoms with Crippen molar-refractivity contribution in [1.82, 2.24) is 0 Å². The predicted molar refractivity (Wildman–Crippen MR) is 170 cm³/mol. The number of allylic oxidation sites excluding steroid dienone is 5. The fourth-order valence-corrected chi connectivity index (χ4v) is 6.71. The van der Waals surface area contributed by atoms with Gasteiger partial charge in [-0.3, -0.25) is 0 Å². The first-order chi connectivity index (χ1) is 19.0. The average Bonchev–Trinajstić information content (AvgIpc) is 2.97. The molecule has 1 unspecified atom stereocenters. The van der Waals surface area contributed by atoms with Crippen LogP contribution in [-0.2, 0) is 5.41 Å². The second-order valence-corrected chi connectivity index (χ2v) is 10.6. The summed E-state index contributed by atoms with van der Waals surface area (Å²) < 4.78 is 0. The highest BCUT2D eigenvalue weighted by molar-refractivity contribution is 6.24. The first-order valence-corrected chi connectivity index (χ1v) is 13.8. The third kappa shape index (κ3) is 3.67. The normalized spacial score (nSPS) is 14.0. The lowest BCUT2D eigenvalue weighted by Crippen LogP contribution is -2.33. The number of hydrogen-bond acceptors (Lipinski definition) is 0. The van der Waals surface area contributed by atoms with Crippen LogP contribution in [0.2, 0.25) is 0 Å². The van der Waals surface area contributed by atoms with E-state index in [0.717, 1.165) is 5.57 Å². The van der Waals surface area contributed by atoms with Gasteiger partial charge in [-0.2, -0.15) is 0 Å². The van der Waals surface area contributed by atoms with E-state index in [1.165, 1.54) is 65.7 Å². The van der Waals surface area contributed by atoms with Gasteiger partial charge < -0.3 is 0 Å². The summed E-state index contributed by atoms with van der Waals surface area (Å²) in [4.78, 5) is 0. The Hall–Kier alpha value is -4.42. The van der Waals surface area contributed by atoms with Crippen molar-refractivity contribution in [1.29, 1.82) is 0 Å². The van der Waals surface area contributed by atoms with Crippen LogP contribution in [0.4, 0.5) is 0 Å². The molecule has 0 aliphatic rings. The van der Waals surface area contributed by atoms with E-state index in [-0.39, 0.29) is 0 Å². The minimum atomic E-state index is -0.543. The average molecular weight is 503 g/mol. The van der Waals surface area contributed by atoms with E-state index in [1.54, 1.807) is 0 Å². The first-order valence-electron chi connectivity index (χ1n) is 13.8. The van der Waals surface area contributed by atoms with Crippen LogP contribution in [0.1, 0.15) is 40.3 Å². The van der Waals surface area contributed by atoms with Crippen molar-refractivity contribution in [2.24, 2.45) is 0 Å². The van der Waals surface area contributed by atoms with Crippen molar-refractivity contribution < 1.29 is 0 Å². The topological polar surface area (TPSA) is 0 Å². The van der Waals surface area contributed by atoms with E-state index in [2.05, 4.69) is 150 Å². The number of hydrogen-bond donors (Lipinski definition) is 0. The number of rotatable bonds is 6. The summed E-state index contributed by atoms with van der Waals surface area (Å²) in [6.07, 6.45) is 8.51. The van der Waals surface area contributed by atoms with Gasteiger partial charge in [0, 0.05) is 0 Å². The maximum atomic E-state index is 4.36. The third-order valence-electron chi connectivity index (χ3n) is 8.55. The monoisotopic (exact) mass is 502 g/mol. The SMILES string of the molecule is C=C/C(=C\C=C/C)C(c1ccccc1)(c1ccccc1C)c1cc2ccc3c(C)ccc4ccc(c1C)c2c43. The molecule has 0 nitrogen and oxygen atoms in total. The first kappa shape index (κ1) is 24.9. The molecule has 0 spiro atoms. The highest BCUT2D eigenvalue weighted by atomic mass is 14.4. The molecule has 1 atom stereocenters. The van der Waals surface area contributed by atoms with Crippen LogP contribution in [0.3, 0.4) is 0 Å². The lowest BCUT2D eigenvalue weighted by atomic mass is 9.62. The summed E-state index contributed by atoms with van der Waals surface area (Å²) in [7, 11) is 0. The van der Waals surface area contributed by atoms with Crippen molar-refractivity contribution in [2.45, 2.75) is 33.1 Å². The summed E-state index contributed by atoms with van der Waals surface area (Å²) in [6.45, 7) is 13.2. The molecule has 0 aromatic heterocycles. The molecule has 0 radical (unpaired) electrons. The third-order valence-corrected chi connectivity index (χ3v) is 8.55. The zero-order valence-corrected chi connectivity index (χ0v) is 23.3. The van der Waals surface area contributed by atoms with Crippen molar-refractivity contribution in [2.75, 3.05) is 0 Å². The molecule has 6 aromatic carbocycles. The zero-order valence-electron chi connectivity index (χ0n) is 23.3. The van der Waals surface area contributed by atoms with Gasteiger partial charge in [0.05, 0.1) is 5.41 Å².